The van der Waals surface area contributed by atoms with Crippen LogP contribution < -0.4 is 5.32 Å². The van der Waals surface area contributed by atoms with Gasteiger partial charge < -0.3 is 5.32 Å². The van der Waals surface area contributed by atoms with E-state index in [4.69, 9.17) is 11.6 Å². The summed E-state index contributed by atoms with van der Waals surface area (Å²) in [5, 5.41) is 6.87. The molecule has 0 aliphatic carbocycles. The summed E-state index contributed by atoms with van der Waals surface area (Å²) in [6, 6.07) is 4.71. The standard InChI is InChI=1S/C17H12BrClF2N4O/c1-9-6-23-25(8-10-4-12(20)2-3-14(10)21)16(9)24-17(26)13-5-11(18)7-22-15(13)19/h2-7H,8H2,1H3,(H,24,26). The number of benzene rings is 1. The van der Waals surface area contributed by atoms with Crippen molar-refractivity contribution < 1.29 is 13.6 Å². The number of carbonyl (C=O) groups is 1. The van der Waals surface area contributed by atoms with E-state index in [1.54, 1.807) is 6.92 Å². The number of aryl methyl sites for hydroxylation is 1. The van der Waals surface area contributed by atoms with Crippen LogP contribution in [0.4, 0.5) is 14.6 Å². The Labute approximate surface area is 161 Å². The third kappa shape index (κ3) is 3.91. The van der Waals surface area contributed by atoms with Crippen LogP contribution in [0.5, 0.6) is 0 Å². The zero-order valence-electron chi connectivity index (χ0n) is 13.4. The predicted molar refractivity (Wildman–Crippen MR) is 97.3 cm³/mol. The van der Waals surface area contributed by atoms with E-state index in [9.17, 15) is 13.6 Å². The highest BCUT2D eigenvalue weighted by Gasteiger charge is 2.17. The molecule has 0 aliphatic heterocycles. The first-order chi connectivity index (χ1) is 12.3. The molecule has 0 saturated heterocycles. The summed E-state index contributed by atoms with van der Waals surface area (Å²) in [6.07, 6.45) is 2.99. The van der Waals surface area contributed by atoms with Gasteiger partial charge in [-0.1, -0.05) is 11.6 Å². The molecule has 0 fully saturated rings. The average molecular weight is 442 g/mol. The lowest BCUT2D eigenvalue weighted by Gasteiger charge is -2.12. The van der Waals surface area contributed by atoms with Gasteiger partial charge in [0.1, 0.15) is 22.6 Å². The number of nitrogens with zero attached hydrogens (tertiary/aromatic N) is 3. The Kier molecular flexibility index (Phi) is 5.33. The lowest BCUT2D eigenvalue weighted by atomic mass is 10.2. The van der Waals surface area contributed by atoms with Crippen molar-refractivity contribution in [1.82, 2.24) is 14.8 Å². The summed E-state index contributed by atoms with van der Waals surface area (Å²) in [6.45, 7) is 1.69. The van der Waals surface area contributed by atoms with Crippen molar-refractivity contribution in [3.8, 4) is 0 Å². The maximum absolute atomic E-state index is 13.9. The molecular formula is C17H12BrClF2N4O. The Morgan fingerprint density at radius 2 is 2.08 bits per heavy atom. The van der Waals surface area contributed by atoms with Gasteiger partial charge in [-0.25, -0.2) is 18.4 Å². The number of hydrogen-bond acceptors (Lipinski definition) is 3. The molecule has 1 N–H and O–H groups in total. The van der Waals surface area contributed by atoms with Crippen molar-refractivity contribution in [3.63, 3.8) is 0 Å². The number of hydrogen-bond donors (Lipinski definition) is 1. The highest BCUT2D eigenvalue weighted by molar-refractivity contribution is 9.10. The smallest absolute Gasteiger partial charge is 0.259 e. The molecule has 0 bridgehead atoms. The van der Waals surface area contributed by atoms with Crippen LogP contribution in [0.25, 0.3) is 0 Å². The fourth-order valence-corrected chi connectivity index (χ4v) is 2.86. The molecule has 0 atom stereocenters. The summed E-state index contributed by atoms with van der Waals surface area (Å²) in [5.74, 6) is -1.25. The molecule has 5 nitrogen and oxygen atoms in total. The molecule has 9 heteroatoms. The van der Waals surface area contributed by atoms with Gasteiger partial charge in [0, 0.05) is 21.8 Å². The molecule has 0 aliphatic rings. The summed E-state index contributed by atoms with van der Waals surface area (Å²) in [5.41, 5.74) is 0.949. The molecular weight excluding hydrogens is 430 g/mol. The molecule has 2 heterocycles. The number of rotatable bonds is 4. The van der Waals surface area contributed by atoms with Crippen molar-refractivity contribution in [2.75, 3.05) is 5.32 Å². The van der Waals surface area contributed by atoms with Gasteiger partial charge in [-0.3, -0.25) is 4.79 Å². The number of halogens is 4. The molecule has 26 heavy (non-hydrogen) atoms. The van der Waals surface area contributed by atoms with Crippen LogP contribution in [-0.4, -0.2) is 20.7 Å². The van der Waals surface area contributed by atoms with Crippen LogP contribution >= 0.6 is 27.5 Å². The summed E-state index contributed by atoms with van der Waals surface area (Å²) in [7, 11) is 0. The number of pyridine rings is 1. The fraction of sp³-hybridized carbons (Fsp3) is 0.118. The van der Waals surface area contributed by atoms with Crippen molar-refractivity contribution in [2.24, 2.45) is 0 Å². The lowest BCUT2D eigenvalue weighted by molar-refractivity contribution is 0.102. The summed E-state index contributed by atoms with van der Waals surface area (Å²) < 4.78 is 29.2. The monoisotopic (exact) mass is 440 g/mol. The van der Waals surface area contributed by atoms with E-state index in [0.717, 1.165) is 18.2 Å². The molecule has 0 radical (unpaired) electrons. The third-order valence-corrected chi connectivity index (χ3v) is 4.37. The maximum Gasteiger partial charge on any atom is 0.259 e. The molecule has 1 aromatic carbocycles. The number of aromatic nitrogens is 3. The summed E-state index contributed by atoms with van der Waals surface area (Å²) >= 11 is 9.21. The quantitative estimate of drug-likeness (QED) is 0.603. The molecule has 3 aromatic rings. The minimum Gasteiger partial charge on any atom is -0.306 e. The minimum absolute atomic E-state index is 0.0441. The lowest BCUT2D eigenvalue weighted by Crippen LogP contribution is -2.18. The predicted octanol–water partition coefficient (Wildman–Crippen LogP) is 4.58. The zero-order chi connectivity index (χ0) is 18.8. The van der Waals surface area contributed by atoms with E-state index in [1.165, 1.54) is 23.1 Å². The molecule has 0 unspecified atom stereocenters. The van der Waals surface area contributed by atoms with Crippen LogP contribution in [0.3, 0.4) is 0 Å². The van der Waals surface area contributed by atoms with Crippen LogP contribution in [0.15, 0.2) is 41.1 Å². The van der Waals surface area contributed by atoms with Gasteiger partial charge in [0.05, 0.1) is 18.3 Å². The van der Waals surface area contributed by atoms with Gasteiger partial charge in [0.2, 0.25) is 0 Å². The third-order valence-electron chi connectivity index (χ3n) is 3.63. The second kappa shape index (κ2) is 7.51. The van der Waals surface area contributed by atoms with E-state index in [-0.39, 0.29) is 22.8 Å². The van der Waals surface area contributed by atoms with Crippen molar-refractivity contribution in [1.29, 1.82) is 0 Å². The largest absolute Gasteiger partial charge is 0.306 e. The van der Waals surface area contributed by atoms with Crippen molar-refractivity contribution >= 4 is 39.3 Å². The van der Waals surface area contributed by atoms with E-state index >= 15 is 0 Å². The molecule has 1 amide bonds. The Hall–Kier alpha value is -2.32. The normalized spacial score (nSPS) is 10.8. The topological polar surface area (TPSA) is 59.8 Å². The van der Waals surface area contributed by atoms with Gasteiger partial charge in [0.25, 0.3) is 5.91 Å². The van der Waals surface area contributed by atoms with Crippen LogP contribution in [0.1, 0.15) is 21.5 Å². The Morgan fingerprint density at radius 3 is 2.85 bits per heavy atom. The summed E-state index contributed by atoms with van der Waals surface area (Å²) in [4.78, 5) is 16.4. The highest BCUT2D eigenvalue weighted by atomic mass is 79.9. The van der Waals surface area contributed by atoms with Crippen molar-refractivity contribution in [2.45, 2.75) is 13.5 Å². The average Bonchev–Trinajstić information content (AvgIpc) is 2.93. The van der Waals surface area contributed by atoms with Gasteiger partial charge >= 0.3 is 0 Å². The molecule has 3 rings (SSSR count). The van der Waals surface area contributed by atoms with Gasteiger partial charge in [-0.05, 0) is 47.1 Å². The SMILES string of the molecule is Cc1cnn(Cc2cc(F)ccc2F)c1NC(=O)c1cc(Br)cnc1Cl. The number of anilines is 1. The first-order valence-corrected chi connectivity index (χ1v) is 8.61. The van der Waals surface area contributed by atoms with E-state index in [1.807, 2.05) is 0 Å². The van der Waals surface area contributed by atoms with E-state index in [0.29, 0.717) is 15.9 Å². The first kappa shape index (κ1) is 18.5. The second-order valence-corrected chi connectivity index (χ2v) is 6.79. The second-order valence-electron chi connectivity index (χ2n) is 5.52. The van der Waals surface area contributed by atoms with Gasteiger partial charge in [0.15, 0.2) is 0 Å². The van der Waals surface area contributed by atoms with Gasteiger partial charge in [-0.2, -0.15) is 5.10 Å². The Bertz CT molecular complexity index is 993. The van der Waals surface area contributed by atoms with Crippen molar-refractivity contribution in [3.05, 3.63) is 74.6 Å². The highest BCUT2D eigenvalue weighted by Crippen LogP contribution is 2.22. The minimum atomic E-state index is -0.559. The number of amides is 1. The Balaban J connectivity index is 1.89. The van der Waals surface area contributed by atoms with E-state index in [2.05, 4.69) is 31.3 Å². The maximum atomic E-state index is 13.9. The number of nitrogens with one attached hydrogen (secondary N) is 1. The molecule has 134 valence electrons. The zero-order valence-corrected chi connectivity index (χ0v) is 15.8. The molecule has 0 spiro atoms. The molecule has 0 saturated carbocycles. The van der Waals surface area contributed by atoms with Gasteiger partial charge in [-0.15, -0.1) is 0 Å². The fourth-order valence-electron chi connectivity index (χ4n) is 2.34. The van der Waals surface area contributed by atoms with Crippen LogP contribution in [-0.2, 0) is 6.54 Å². The van der Waals surface area contributed by atoms with E-state index < -0.39 is 17.5 Å². The van der Waals surface area contributed by atoms with Crippen LogP contribution in [0.2, 0.25) is 5.15 Å². The number of carbonyl (C=O) groups excluding carboxylic acids is 1. The first-order valence-electron chi connectivity index (χ1n) is 7.44. The Morgan fingerprint density at radius 1 is 1.31 bits per heavy atom. The van der Waals surface area contributed by atoms with Crippen LogP contribution in [0, 0.1) is 18.6 Å². The molecule has 2 aromatic heterocycles.